The first-order chi connectivity index (χ1) is 19.3. The molecule has 1 saturated carbocycles. The van der Waals surface area contributed by atoms with Crippen molar-refractivity contribution in [2.45, 2.75) is 68.8 Å². The molecule has 5 atom stereocenters. The molecule has 5 unspecified atom stereocenters. The summed E-state index contributed by atoms with van der Waals surface area (Å²) in [5.74, 6) is 5.78. The second kappa shape index (κ2) is 10.5. The van der Waals surface area contributed by atoms with Crippen LogP contribution in [0.4, 0.5) is 10.6 Å². The smallest absolute Gasteiger partial charge is 0.410 e. The van der Waals surface area contributed by atoms with Crippen molar-refractivity contribution in [2.75, 3.05) is 25.4 Å². The minimum absolute atomic E-state index is 0.0768. The van der Waals surface area contributed by atoms with Gasteiger partial charge in [0.05, 0.1) is 12.9 Å². The summed E-state index contributed by atoms with van der Waals surface area (Å²) in [6.07, 6.45) is -1.18. The first-order valence-electron chi connectivity index (χ1n) is 13.3. The maximum Gasteiger partial charge on any atom is 0.410 e. The van der Waals surface area contributed by atoms with Crippen molar-refractivity contribution in [3.8, 4) is 11.8 Å². The Kier molecular flexibility index (Phi) is 6.90. The molecule has 3 amide bonds. The van der Waals surface area contributed by atoms with Crippen LogP contribution in [0.5, 0.6) is 0 Å². The molecule has 15 nitrogen and oxygen atoms in total. The van der Waals surface area contributed by atoms with E-state index in [0.717, 1.165) is 25.7 Å². The molecule has 15 heteroatoms. The summed E-state index contributed by atoms with van der Waals surface area (Å²) in [5, 5.41) is 26.4. The van der Waals surface area contributed by atoms with Crippen molar-refractivity contribution in [3.63, 3.8) is 0 Å². The highest BCUT2D eigenvalue weighted by Crippen LogP contribution is 2.33. The van der Waals surface area contributed by atoms with Crippen molar-refractivity contribution in [1.29, 1.82) is 0 Å². The van der Waals surface area contributed by atoms with Gasteiger partial charge in [-0.25, -0.2) is 19.7 Å². The number of likely N-dealkylation sites (tertiary alicyclic amines) is 1. The second-order valence-corrected chi connectivity index (χ2v) is 10.5. The van der Waals surface area contributed by atoms with Gasteiger partial charge in [-0.05, 0) is 37.5 Å². The molecule has 212 valence electrons. The standard InChI is InChI=1S/C25H30N8O7/c26-20-16-21(33(11-28-16)24-18(35)17(34)19(40-24)23(37)29-13-4-5-13)31-15(30-20)3-1-2-12-6-8-32(9-7-12)25(38)39-14-10-27-22(14)36/h11-14,17-19,24,34-35H,2,4-10H2,(H,27,36)(H,29,37)(H2,26,30,31). The number of hydrogen-bond acceptors (Lipinski definition) is 11. The number of aliphatic hydroxyl groups is 2. The first kappa shape index (κ1) is 26.2. The number of anilines is 1. The van der Waals surface area contributed by atoms with Gasteiger partial charge in [0.1, 0.15) is 17.7 Å². The van der Waals surface area contributed by atoms with Gasteiger partial charge in [0, 0.05) is 25.6 Å². The van der Waals surface area contributed by atoms with Gasteiger partial charge in [-0.1, -0.05) is 5.92 Å². The SMILES string of the molecule is Nc1nc(C#CCC2CCN(C(=O)OC3CNC3=O)CC2)nc2c1ncn2C1OC(C(=O)NC2CC2)C(O)C1O. The van der Waals surface area contributed by atoms with E-state index in [9.17, 15) is 24.6 Å². The fourth-order valence-corrected chi connectivity index (χ4v) is 4.95. The van der Waals surface area contributed by atoms with Crippen LogP contribution in [0.15, 0.2) is 6.33 Å². The van der Waals surface area contributed by atoms with E-state index in [1.54, 1.807) is 4.90 Å². The predicted octanol–water partition coefficient (Wildman–Crippen LogP) is -1.61. The van der Waals surface area contributed by atoms with Gasteiger partial charge in [-0.15, -0.1) is 0 Å². The molecule has 2 aromatic rings. The fourth-order valence-electron chi connectivity index (χ4n) is 4.95. The number of nitrogens with zero attached hydrogens (tertiary/aromatic N) is 5. The Labute approximate surface area is 228 Å². The van der Waals surface area contributed by atoms with E-state index >= 15 is 0 Å². The number of nitrogens with one attached hydrogen (secondary N) is 2. The van der Waals surface area contributed by atoms with Crippen molar-refractivity contribution in [3.05, 3.63) is 12.2 Å². The van der Waals surface area contributed by atoms with Gasteiger partial charge in [0.2, 0.25) is 5.82 Å². The molecule has 3 aliphatic heterocycles. The topological polar surface area (TPSA) is 207 Å². The van der Waals surface area contributed by atoms with Gasteiger partial charge < -0.3 is 41.0 Å². The summed E-state index contributed by atoms with van der Waals surface area (Å²) in [6.45, 7) is 1.39. The molecular formula is C25H30N8O7. The normalized spacial score (nSPS) is 28.4. The van der Waals surface area contributed by atoms with E-state index in [0.29, 0.717) is 26.1 Å². The molecule has 6 rings (SSSR count). The summed E-state index contributed by atoms with van der Waals surface area (Å²) in [5.41, 5.74) is 6.63. The minimum Gasteiger partial charge on any atom is -0.434 e. The van der Waals surface area contributed by atoms with Crippen LogP contribution in [0.1, 0.15) is 44.2 Å². The van der Waals surface area contributed by atoms with Gasteiger partial charge in [0.25, 0.3) is 11.8 Å². The Morgan fingerprint density at radius 2 is 1.98 bits per heavy atom. The van der Waals surface area contributed by atoms with E-state index in [1.165, 1.54) is 10.9 Å². The lowest BCUT2D eigenvalue weighted by molar-refractivity contribution is -0.138. The van der Waals surface area contributed by atoms with E-state index in [2.05, 4.69) is 37.4 Å². The second-order valence-electron chi connectivity index (χ2n) is 10.5. The number of imidazole rings is 1. The summed E-state index contributed by atoms with van der Waals surface area (Å²) in [6, 6.07) is 0.0768. The van der Waals surface area contributed by atoms with Crippen LogP contribution in [0, 0.1) is 17.8 Å². The number of hydrogen-bond donors (Lipinski definition) is 5. The third-order valence-corrected chi connectivity index (χ3v) is 7.60. The summed E-state index contributed by atoms with van der Waals surface area (Å²) in [4.78, 5) is 50.5. The predicted molar refractivity (Wildman–Crippen MR) is 136 cm³/mol. The Bertz CT molecular complexity index is 1390. The number of carbonyl (C=O) groups excluding carboxylic acids is 3. The zero-order chi connectivity index (χ0) is 28.0. The highest BCUT2D eigenvalue weighted by atomic mass is 16.6. The van der Waals surface area contributed by atoms with Crippen LogP contribution in [0.3, 0.4) is 0 Å². The van der Waals surface area contributed by atoms with Crippen LogP contribution in [0.2, 0.25) is 0 Å². The summed E-state index contributed by atoms with van der Waals surface area (Å²) < 4.78 is 12.4. The molecule has 40 heavy (non-hydrogen) atoms. The number of nitrogen functional groups attached to an aromatic ring is 1. The molecule has 0 bridgehead atoms. The Morgan fingerprint density at radius 3 is 2.65 bits per heavy atom. The van der Waals surface area contributed by atoms with Gasteiger partial charge in [0.15, 0.2) is 29.9 Å². The number of amides is 3. The molecule has 4 aliphatic rings. The van der Waals surface area contributed by atoms with E-state index in [1.807, 2.05) is 0 Å². The largest absolute Gasteiger partial charge is 0.434 e. The monoisotopic (exact) mass is 554 g/mol. The number of aliphatic hydroxyl groups excluding tert-OH is 2. The zero-order valence-electron chi connectivity index (χ0n) is 21.5. The molecule has 1 aliphatic carbocycles. The average molecular weight is 555 g/mol. The number of aromatic nitrogens is 4. The third kappa shape index (κ3) is 5.12. The lowest BCUT2D eigenvalue weighted by atomic mass is 9.94. The Morgan fingerprint density at radius 1 is 1.20 bits per heavy atom. The van der Waals surface area contributed by atoms with Crippen LogP contribution in [-0.4, -0.2) is 103 Å². The Balaban J connectivity index is 1.09. The highest BCUT2D eigenvalue weighted by Gasteiger charge is 2.48. The number of nitrogens with two attached hydrogens (primary N) is 1. The Hall–Kier alpha value is -4.00. The summed E-state index contributed by atoms with van der Waals surface area (Å²) in [7, 11) is 0. The van der Waals surface area contributed by atoms with Crippen LogP contribution >= 0.6 is 0 Å². The number of rotatable bonds is 5. The number of β-lactam (4-membered cyclic amide) rings is 1. The molecule has 6 N–H and O–H groups in total. The minimum atomic E-state index is -1.43. The molecular weight excluding hydrogens is 524 g/mol. The number of fused-ring (bicyclic) bond motifs is 1. The summed E-state index contributed by atoms with van der Waals surface area (Å²) >= 11 is 0. The quantitative estimate of drug-likeness (QED) is 0.210. The average Bonchev–Trinajstić information content (AvgIpc) is 3.58. The van der Waals surface area contributed by atoms with Crippen molar-refractivity contribution in [1.82, 2.24) is 35.1 Å². The first-order valence-corrected chi connectivity index (χ1v) is 13.3. The molecule has 0 radical (unpaired) electrons. The molecule has 0 spiro atoms. The van der Waals surface area contributed by atoms with Crippen molar-refractivity contribution >= 4 is 34.9 Å². The zero-order valence-corrected chi connectivity index (χ0v) is 21.5. The fraction of sp³-hybridized carbons (Fsp3) is 0.600. The maximum absolute atomic E-state index is 12.5. The molecule has 5 heterocycles. The lowest BCUT2D eigenvalue weighted by Crippen LogP contribution is -2.56. The van der Waals surface area contributed by atoms with Crippen LogP contribution < -0.4 is 16.4 Å². The number of ether oxygens (including phenoxy) is 2. The lowest BCUT2D eigenvalue weighted by Gasteiger charge is -2.33. The maximum atomic E-state index is 12.5. The van der Waals surface area contributed by atoms with Crippen LogP contribution in [0.25, 0.3) is 11.2 Å². The van der Waals surface area contributed by atoms with Gasteiger partial charge in [-0.3, -0.25) is 14.2 Å². The number of piperidine rings is 1. The van der Waals surface area contributed by atoms with Crippen molar-refractivity contribution in [2.24, 2.45) is 5.92 Å². The van der Waals surface area contributed by atoms with Crippen LogP contribution in [-0.2, 0) is 19.1 Å². The van der Waals surface area contributed by atoms with E-state index in [4.69, 9.17) is 15.2 Å². The third-order valence-electron chi connectivity index (χ3n) is 7.60. The molecule has 0 aromatic carbocycles. The number of carbonyl (C=O) groups is 3. The van der Waals surface area contributed by atoms with E-state index in [-0.39, 0.29) is 40.7 Å². The molecule has 3 saturated heterocycles. The molecule has 2 aromatic heterocycles. The van der Waals surface area contributed by atoms with Gasteiger partial charge in [-0.2, -0.15) is 0 Å². The van der Waals surface area contributed by atoms with Gasteiger partial charge >= 0.3 is 6.09 Å². The highest BCUT2D eigenvalue weighted by molar-refractivity contribution is 5.88. The van der Waals surface area contributed by atoms with Crippen molar-refractivity contribution < 1.29 is 34.1 Å². The van der Waals surface area contributed by atoms with E-state index < -0.39 is 42.6 Å². The molecule has 4 fully saturated rings.